The van der Waals surface area contributed by atoms with Gasteiger partial charge in [-0.3, -0.25) is 4.79 Å². The van der Waals surface area contributed by atoms with Crippen LogP contribution in [0.25, 0.3) is 10.9 Å². The second-order valence-corrected chi connectivity index (χ2v) is 5.34. The van der Waals surface area contributed by atoms with Crippen molar-refractivity contribution in [1.82, 2.24) is 14.9 Å². The van der Waals surface area contributed by atoms with Crippen LogP contribution in [0.5, 0.6) is 0 Å². The highest BCUT2D eigenvalue weighted by atomic mass is 16.1. The Morgan fingerprint density at radius 1 is 1.24 bits per heavy atom. The molecule has 4 heteroatoms. The van der Waals surface area contributed by atoms with Crippen LogP contribution in [0.1, 0.15) is 17.0 Å². The fourth-order valence-electron chi connectivity index (χ4n) is 2.55. The lowest BCUT2D eigenvalue weighted by Crippen LogP contribution is -2.25. The Kier molecular flexibility index (Phi) is 3.52. The molecule has 1 aromatic carbocycles. The normalized spacial score (nSPS) is 11.0. The Bertz CT molecular complexity index is 782. The minimum absolute atomic E-state index is 0.0404. The first-order valence-electron chi connectivity index (χ1n) is 7.08. The molecule has 0 unspecified atom stereocenters. The first kappa shape index (κ1) is 13.5. The first-order valence-corrected chi connectivity index (χ1v) is 7.08. The number of H-pyrrole nitrogens is 1. The molecule has 21 heavy (non-hydrogen) atoms. The Morgan fingerprint density at radius 2 is 2.05 bits per heavy atom. The second-order valence-electron chi connectivity index (χ2n) is 5.34. The molecule has 2 aromatic heterocycles. The lowest BCUT2D eigenvalue weighted by Gasteiger charge is -2.07. The van der Waals surface area contributed by atoms with Crippen molar-refractivity contribution in [2.75, 3.05) is 0 Å². The van der Waals surface area contributed by atoms with E-state index < -0.39 is 0 Å². The number of aryl methyl sites for hydroxylation is 1. The van der Waals surface area contributed by atoms with Gasteiger partial charge in [-0.05, 0) is 30.7 Å². The maximum absolute atomic E-state index is 12.1. The summed E-state index contributed by atoms with van der Waals surface area (Å²) >= 11 is 0. The summed E-state index contributed by atoms with van der Waals surface area (Å²) in [5.74, 6) is 0.0404. The number of aromatic nitrogens is 2. The van der Waals surface area contributed by atoms with Gasteiger partial charge in [-0.25, -0.2) is 0 Å². The minimum atomic E-state index is 0.0404. The minimum Gasteiger partial charge on any atom is -0.361 e. The van der Waals surface area contributed by atoms with Crippen molar-refractivity contribution in [2.45, 2.75) is 19.9 Å². The van der Waals surface area contributed by atoms with E-state index in [0.717, 1.165) is 22.2 Å². The number of hydrogen-bond acceptors (Lipinski definition) is 1. The highest BCUT2D eigenvalue weighted by Gasteiger charge is 2.09. The predicted molar refractivity (Wildman–Crippen MR) is 84.0 cm³/mol. The molecule has 1 amide bonds. The van der Waals surface area contributed by atoms with Gasteiger partial charge in [-0.2, -0.15) is 0 Å². The number of aromatic amines is 1. The second kappa shape index (κ2) is 5.48. The van der Waals surface area contributed by atoms with Crippen LogP contribution < -0.4 is 5.32 Å². The van der Waals surface area contributed by atoms with Crippen LogP contribution in [0.15, 0.2) is 42.6 Å². The molecule has 2 N–H and O–H groups in total. The summed E-state index contributed by atoms with van der Waals surface area (Å²) < 4.78 is 2.09. The van der Waals surface area contributed by atoms with E-state index in [0.29, 0.717) is 13.0 Å². The van der Waals surface area contributed by atoms with Crippen molar-refractivity contribution in [3.8, 4) is 0 Å². The molecule has 3 aromatic rings. The number of rotatable bonds is 4. The lowest BCUT2D eigenvalue weighted by molar-refractivity contribution is -0.120. The zero-order chi connectivity index (χ0) is 14.8. The number of carbonyl (C=O) groups is 1. The van der Waals surface area contributed by atoms with Crippen molar-refractivity contribution in [2.24, 2.45) is 7.05 Å². The van der Waals surface area contributed by atoms with Gasteiger partial charge in [0.1, 0.15) is 0 Å². The van der Waals surface area contributed by atoms with Crippen molar-refractivity contribution in [3.63, 3.8) is 0 Å². The Hall–Kier alpha value is -2.49. The van der Waals surface area contributed by atoms with Crippen LogP contribution in [0.2, 0.25) is 0 Å². The number of nitrogens with one attached hydrogen (secondary N) is 2. The van der Waals surface area contributed by atoms with E-state index in [4.69, 9.17) is 0 Å². The molecular formula is C17H19N3O. The fourth-order valence-corrected chi connectivity index (χ4v) is 2.55. The average Bonchev–Trinajstić information content (AvgIpc) is 3.03. The van der Waals surface area contributed by atoms with Crippen LogP contribution in [0, 0.1) is 6.92 Å². The van der Waals surface area contributed by atoms with Crippen LogP contribution in [-0.4, -0.2) is 15.5 Å². The molecule has 0 spiro atoms. The van der Waals surface area contributed by atoms with Gasteiger partial charge < -0.3 is 14.9 Å². The fraction of sp³-hybridized carbons (Fsp3) is 0.235. The Labute approximate surface area is 123 Å². The third-order valence-corrected chi connectivity index (χ3v) is 3.97. The van der Waals surface area contributed by atoms with Gasteiger partial charge in [-0.15, -0.1) is 0 Å². The van der Waals surface area contributed by atoms with Crippen molar-refractivity contribution < 1.29 is 4.79 Å². The van der Waals surface area contributed by atoms with Gasteiger partial charge in [0.25, 0.3) is 0 Å². The molecule has 0 aliphatic heterocycles. The number of amides is 1. The molecule has 2 heterocycles. The van der Waals surface area contributed by atoms with Gasteiger partial charge in [0.15, 0.2) is 0 Å². The van der Waals surface area contributed by atoms with E-state index in [9.17, 15) is 4.79 Å². The Morgan fingerprint density at radius 3 is 2.81 bits per heavy atom. The maximum Gasteiger partial charge on any atom is 0.224 e. The number of fused-ring (bicyclic) bond motifs is 1. The van der Waals surface area contributed by atoms with Crippen molar-refractivity contribution in [3.05, 3.63) is 59.5 Å². The van der Waals surface area contributed by atoms with Crippen molar-refractivity contribution >= 4 is 16.8 Å². The van der Waals surface area contributed by atoms with Gasteiger partial charge in [0.05, 0.1) is 13.0 Å². The molecule has 0 fully saturated rings. The van der Waals surface area contributed by atoms with Crippen LogP contribution >= 0.6 is 0 Å². The van der Waals surface area contributed by atoms with Gasteiger partial charge >= 0.3 is 0 Å². The third kappa shape index (κ3) is 2.70. The molecule has 0 saturated carbocycles. The number of carbonyl (C=O) groups excluding carboxylic acids is 1. The highest BCUT2D eigenvalue weighted by Crippen LogP contribution is 2.18. The summed E-state index contributed by atoms with van der Waals surface area (Å²) in [5, 5.41) is 4.10. The summed E-state index contributed by atoms with van der Waals surface area (Å²) in [4.78, 5) is 15.3. The molecule has 0 aliphatic carbocycles. The van der Waals surface area contributed by atoms with E-state index in [1.165, 1.54) is 5.69 Å². The van der Waals surface area contributed by atoms with Crippen molar-refractivity contribution in [1.29, 1.82) is 0 Å². The predicted octanol–water partition coefficient (Wildman–Crippen LogP) is 2.67. The summed E-state index contributed by atoms with van der Waals surface area (Å²) in [6.07, 6.45) is 2.31. The largest absolute Gasteiger partial charge is 0.361 e. The topological polar surface area (TPSA) is 49.8 Å². The standard InChI is InChI=1S/C17H19N3O/c1-12-7-8-14(20(12)2)11-19-17(21)9-13-10-18-16-6-4-3-5-15(13)16/h3-8,10,18H,9,11H2,1-2H3,(H,19,21). The van der Waals surface area contributed by atoms with Crippen LogP contribution in [-0.2, 0) is 24.8 Å². The lowest BCUT2D eigenvalue weighted by atomic mass is 10.1. The molecule has 0 saturated heterocycles. The highest BCUT2D eigenvalue weighted by molar-refractivity contribution is 5.88. The zero-order valence-corrected chi connectivity index (χ0v) is 12.3. The third-order valence-electron chi connectivity index (χ3n) is 3.97. The summed E-state index contributed by atoms with van der Waals surface area (Å²) in [6.45, 7) is 2.61. The SMILES string of the molecule is Cc1ccc(CNC(=O)Cc2c[nH]c3ccccc23)n1C. The van der Waals surface area contributed by atoms with Crippen LogP contribution in [0.4, 0.5) is 0 Å². The van der Waals surface area contributed by atoms with E-state index in [2.05, 4.69) is 27.9 Å². The zero-order valence-electron chi connectivity index (χ0n) is 12.3. The molecule has 0 bridgehead atoms. The molecule has 4 nitrogen and oxygen atoms in total. The monoisotopic (exact) mass is 281 g/mol. The molecular weight excluding hydrogens is 262 g/mol. The van der Waals surface area contributed by atoms with Crippen LogP contribution in [0.3, 0.4) is 0 Å². The van der Waals surface area contributed by atoms with Gasteiger partial charge in [-0.1, -0.05) is 18.2 Å². The van der Waals surface area contributed by atoms with Gasteiger partial charge in [0.2, 0.25) is 5.91 Å². The number of para-hydroxylation sites is 1. The summed E-state index contributed by atoms with van der Waals surface area (Å²) in [6, 6.07) is 12.1. The molecule has 3 rings (SSSR count). The van der Waals surface area contributed by atoms with E-state index in [1.54, 1.807) is 0 Å². The smallest absolute Gasteiger partial charge is 0.224 e. The Balaban J connectivity index is 1.65. The van der Waals surface area contributed by atoms with E-state index >= 15 is 0 Å². The summed E-state index contributed by atoms with van der Waals surface area (Å²) in [5.41, 5.74) is 4.40. The summed E-state index contributed by atoms with van der Waals surface area (Å²) in [7, 11) is 2.01. The molecule has 108 valence electrons. The number of nitrogens with zero attached hydrogens (tertiary/aromatic N) is 1. The van der Waals surface area contributed by atoms with E-state index in [1.807, 2.05) is 43.6 Å². The molecule has 0 radical (unpaired) electrons. The quantitative estimate of drug-likeness (QED) is 0.759. The van der Waals surface area contributed by atoms with E-state index in [-0.39, 0.29) is 5.91 Å². The molecule has 0 atom stereocenters. The average molecular weight is 281 g/mol. The molecule has 0 aliphatic rings. The maximum atomic E-state index is 12.1. The van der Waals surface area contributed by atoms with Gasteiger partial charge in [0, 0.05) is 35.5 Å². The first-order chi connectivity index (χ1) is 10.1. The number of benzene rings is 1. The number of hydrogen-bond donors (Lipinski definition) is 2.